The number of amides is 1. The Labute approximate surface area is 198 Å². The summed E-state index contributed by atoms with van der Waals surface area (Å²) in [5.74, 6) is 1.10. The number of pyridine rings is 1. The van der Waals surface area contributed by atoms with Crippen LogP contribution in [0, 0.1) is 0 Å². The lowest BCUT2D eigenvalue weighted by Crippen LogP contribution is -2.15. The number of hydrogen-bond acceptors (Lipinski definition) is 6. The summed E-state index contributed by atoms with van der Waals surface area (Å²) in [4.78, 5) is 16.9. The number of ether oxygens (including phenoxy) is 1. The number of carbonyl (C=O) groups excluding carboxylic acids is 1. The molecule has 4 rings (SSSR count). The highest BCUT2D eigenvalue weighted by Gasteiger charge is 2.19. The molecule has 2 heterocycles. The fraction of sp³-hybridized carbons (Fsp3) is 0.0909. The van der Waals surface area contributed by atoms with Gasteiger partial charge in [0.2, 0.25) is 5.91 Å². The largest absolute Gasteiger partial charge is 0.497 e. The van der Waals surface area contributed by atoms with Gasteiger partial charge in [0.15, 0.2) is 11.0 Å². The van der Waals surface area contributed by atoms with Crippen molar-refractivity contribution in [2.24, 2.45) is 0 Å². The van der Waals surface area contributed by atoms with Crippen LogP contribution >= 0.6 is 35.0 Å². The number of aromatic nitrogens is 4. The quantitative estimate of drug-likeness (QED) is 0.354. The van der Waals surface area contributed by atoms with Crippen LogP contribution in [-0.4, -0.2) is 38.5 Å². The number of hydrogen-bond donors (Lipinski definition) is 1. The summed E-state index contributed by atoms with van der Waals surface area (Å²) in [6, 6.07) is 18.1. The Morgan fingerprint density at radius 2 is 1.78 bits per heavy atom. The second kappa shape index (κ2) is 10.0. The minimum Gasteiger partial charge on any atom is -0.497 e. The van der Waals surface area contributed by atoms with E-state index >= 15 is 0 Å². The van der Waals surface area contributed by atoms with E-state index < -0.39 is 0 Å². The molecule has 0 radical (unpaired) electrons. The van der Waals surface area contributed by atoms with Crippen LogP contribution in [-0.2, 0) is 4.79 Å². The van der Waals surface area contributed by atoms with Gasteiger partial charge in [0.25, 0.3) is 0 Å². The molecule has 0 spiro atoms. The lowest BCUT2D eigenvalue weighted by Gasteiger charge is -2.11. The van der Waals surface area contributed by atoms with Gasteiger partial charge in [0.05, 0.1) is 34.3 Å². The smallest absolute Gasteiger partial charge is 0.234 e. The topological polar surface area (TPSA) is 81.9 Å². The number of anilines is 1. The fourth-order valence-electron chi connectivity index (χ4n) is 2.91. The van der Waals surface area contributed by atoms with E-state index in [1.807, 2.05) is 47.0 Å². The number of methoxy groups -OCH3 is 1. The van der Waals surface area contributed by atoms with E-state index in [0.717, 1.165) is 11.4 Å². The Morgan fingerprint density at radius 1 is 1.03 bits per heavy atom. The van der Waals surface area contributed by atoms with Crippen LogP contribution in [0.15, 0.2) is 72.0 Å². The number of carbonyl (C=O) groups is 1. The third kappa shape index (κ3) is 4.88. The van der Waals surface area contributed by atoms with Crippen molar-refractivity contribution < 1.29 is 9.53 Å². The SMILES string of the molecule is COc1ccc(-n2c(SCC(=O)Nc3c(Cl)cccc3Cl)nnc2-c2ccccn2)cc1. The number of nitrogens with zero attached hydrogens (tertiary/aromatic N) is 4. The molecular formula is C22H17Cl2N5O2S. The van der Waals surface area contributed by atoms with Gasteiger partial charge in [-0.15, -0.1) is 10.2 Å². The summed E-state index contributed by atoms with van der Waals surface area (Å²) in [5, 5.41) is 12.6. The standard InChI is InChI=1S/C22H17Cl2N5O2S/c1-31-15-10-8-14(9-11-15)29-21(18-7-2-3-12-25-18)27-28-22(29)32-13-19(30)26-20-16(23)5-4-6-17(20)24/h2-12H,13H2,1H3,(H,26,30). The molecule has 0 aliphatic carbocycles. The van der Waals surface area contributed by atoms with Crippen molar-refractivity contribution in [2.45, 2.75) is 5.16 Å². The average molecular weight is 486 g/mol. The summed E-state index contributed by atoms with van der Waals surface area (Å²) in [5.41, 5.74) is 1.86. The maximum absolute atomic E-state index is 12.6. The second-order valence-corrected chi connectivity index (χ2v) is 8.25. The molecule has 10 heteroatoms. The third-order valence-corrected chi connectivity index (χ3v) is 5.98. The summed E-state index contributed by atoms with van der Waals surface area (Å²) in [7, 11) is 1.61. The molecule has 0 unspecified atom stereocenters. The first-order chi connectivity index (χ1) is 15.6. The van der Waals surface area contributed by atoms with Gasteiger partial charge in [0, 0.05) is 6.20 Å². The minimum absolute atomic E-state index is 0.0814. The number of nitrogens with one attached hydrogen (secondary N) is 1. The molecule has 0 saturated carbocycles. The zero-order valence-electron chi connectivity index (χ0n) is 16.8. The van der Waals surface area contributed by atoms with Crippen molar-refractivity contribution in [3.63, 3.8) is 0 Å². The van der Waals surface area contributed by atoms with E-state index in [1.165, 1.54) is 11.8 Å². The van der Waals surface area contributed by atoms with Crippen molar-refractivity contribution in [2.75, 3.05) is 18.2 Å². The van der Waals surface area contributed by atoms with Crippen molar-refractivity contribution in [3.05, 3.63) is 76.9 Å². The second-order valence-electron chi connectivity index (χ2n) is 6.49. The van der Waals surface area contributed by atoms with Crippen LogP contribution in [0.2, 0.25) is 10.0 Å². The van der Waals surface area contributed by atoms with Gasteiger partial charge in [-0.1, -0.05) is 47.1 Å². The van der Waals surface area contributed by atoms with Gasteiger partial charge < -0.3 is 10.1 Å². The number of benzene rings is 2. The highest BCUT2D eigenvalue weighted by Crippen LogP contribution is 2.31. The van der Waals surface area contributed by atoms with Crippen LogP contribution in [0.4, 0.5) is 5.69 Å². The molecule has 0 fully saturated rings. The zero-order chi connectivity index (χ0) is 22.5. The maximum Gasteiger partial charge on any atom is 0.234 e. The first-order valence-electron chi connectivity index (χ1n) is 9.44. The fourth-order valence-corrected chi connectivity index (χ4v) is 4.16. The lowest BCUT2D eigenvalue weighted by atomic mass is 10.3. The molecular weight excluding hydrogens is 469 g/mol. The monoisotopic (exact) mass is 485 g/mol. The van der Waals surface area contributed by atoms with E-state index in [1.54, 1.807) is 31.5 Å². The summed E-state index contributed by atoms with van der Waals surface area (Å²) in [6.07, 6.45) is 1.69. The molecule has 162 valence electrons. The maximum atomic E-state index is 12.6. The normalized spacial score (nSPS) is 10.7. The molecule has 4 aromatic rings. The molecule has 2 aromatic carbocycles. The minimum atomic E-state index is -0.270. The Hall–Kier alpha value is -3.07. The molecule has 1 amide bonds. The zero-order valence-corrected chi connectivity index (χ0v) is 19.2. The van der Waals surface area contributed by atoms with Gasteiger partial charge >= 0.3 is 0 Å². The van der Waals surface area contributed by atoms with Gasteiger partial charge in [-0.3, -0.25) is 14.3 Å². The lowest BCUT2D eigenvalue weighted by molar-refractivity contribution is -0.113. The molecule has 0 aliphatic heterocycles. The van der Waals surface area contributed by atoms with Crippen LogP contribution < -0.4 is 10.1 Å². The Kier molecular flexibility index (Phi) is 6.94. The van der Waals surface area contributed by atoms with E-state index in [-0.39, 0.29) is 11.7 Å². The third-order valence-electron chi connectivity index (χ3n) is 4.42. The molecule has 0 saturated heterocycles. The summed E-state index contributed by atoms with van der Waals surface area (Å²) in [6.45, 7) is 0. The number of para-hydroxylation sites is 1. The van der Waals surface area contributed by atoms with Crippen molar-refractivity contribution in [3.8, 4) is 23.0 Å². The highest BCUT2D eigenvalue weighted by atomic mass is 35.5. The van der Waals surface area contributed by atoms with E-state index in [0.29, 0.717) is 32.4 Å². The van der Waals surface area contributed by atoms with Crippen LogP contribution in [0.1, 0.15) is 0 Å². The first-order valence-corrected chi connectivity index (χ1v) is 11.2. The van der Waals surface area contributed by atoms with Gasteiger partial charge in [-0.25, -0.2) is 0 Å². The van der Waals surface area contributed by atoms with Gasteiger partial charge in [-0.2, -0.15) is 0 Å². The molecule has 2 aromatic heterocycles. The Balaban J connectivity index is 1.61. The Morgan fingerprint density at radius 3 is 2.44 bits per heavy atom. The number of halogens is 2. The van der Waals surface area contributed by atoms with Crippen molar-refractivity contribution >= 4 is 46.6 Å². The first kappa shape index (κ1) is 22.1. The number of thioether (sulfide) groups is 1. The summed E-state index contributed by atoms with van der Waals surface area (Å²) >= 11 is 13.5. The summed E-state index contributed by atoms with van der Waals surface area (Å²) < 4.78 is 7.10. The highest BCUT2D eigenvalue weighted by molar-refractivity contribution is 7.99. The van der Waals surface area contributed by atoms with Crippen LogP contribution in [0.5, 0.6) is 5.75 Å². The number of rotatable bonds is 7. The average Bonchev–Trinajstić information content (AvgIpc) is 3.25. The van der Waals surface area contributed by atoms with E-state index in [2.05, 4.69) is 20.5 Å². The van der Waals surface area contributed by atoms with Crippen LogP contribution in [0.3, 0.4) is 0 Å². The molecule has 32 heavy (non-hydrogen) atoms. The molecule has 7 nitrogen and oxygen atoms in total. The van der Waals surface area contributed by atoms with Gasteiger partial charge in [-0.05, 0) is 48.5 Å². The van der Waals surface area contributed by atoms with E-state index in [4.69, 9.17) is 27.9 Å². The predicted octanol–water partition coefficient (Wildman–Crippen LogP) is 5.38. The predicted molar refractivity (Wildman–Crippen MR) is 127 cm³/mol. The van der Waals surface area contributed by atoms with Crippen molar-refractivity contribution in [1.29, 1.82) is 0 Å². The van der Waals surface area contributed by atoms with E-state index in [9.17, 15) is 4.79 Å². The van der Waals surface area contributed by atoms with Crippen LogP contribution in [0.25, 0.3) is 17.2 Å². The molecule has 0 atom stereocenters. The van der Waals surface area contributed by atoms with Crippen molar-refractivity contribution in [1.82, 2.24) is 19.7 Å². The van der Waals surface area contributed by atoms with Gasteiger partial charge in [0.1, 0.15) is 11.4 Å². The Bertz CT molecular complexity index is 1210. The molecule has 1 N–H and O–H groups in total. The molecule has 0 aliphatic rings. The molecule has 0 bridgehead atoms.